The average molecular weight is 268 g/mol. The maximum Gasteiger partial charge on any atom is 0.341 e. The van der Waals surface area contributed by atoms with Crippen LogP contribution in [-0.4, -0.2) is 41.2 Å². The zero-order valence-corrected chi connectivity index (χ0v) is 9.75. The van der Waals surface area contributed by atoms with Gasteiger partial charge in [-0.25, -0.2) is 9.59 Å². The van der Waals surface area contributed by atoms with Gasteiger partial charge in [0, 0.05) is 0 Å². The largest absolute Gasteiger partial charge is 0.480 e. The number of carboxylic acid groups (broad SMARTS) is 2. The number of carboxylic acids is 2. The Morgan fingerprint density at radius 1 is 1.26 bits per heavy atom. The van der Waals surface area contributed by atoms with E-state index in [2.05, 4.69) is 5.32 Å². The molecule has 8 heteroatoms. The molecule has 0 aliphatic carbocycles. The Hall–Kier alpha value is -2.61. The van der Waals surface area contributed by atoms with Crippen LogP contribution in [0, 0.1) is 0 Å². The van der Waals surface area contributed by atoms with E-state index >= 15 is 0 Å². The van der Waals surface area contributed by atoms with Gasteiger partial charge in [0.15, 0.2) is 6.61 Å². The van der Waals surface area contributed by atoms with E-state index in [-0.39, 0.29) is 23.5 Å². The number of nitrogens with one attached hydrogen (secondary N) is 1. The number of hydrogen-bond acceptors (Lipinski definition) is 5. The van der Waals surface area contributed by atoms with Crippen molar-refractivity contribution in [2.45, 2.75) is 0 Å². The summed E-state index contributed by atoms with van der Waals surface area (Å²) >= 11 is 0. The third-order valence-corrected chi connectivity index (χ3v) is 2.04. The SMILES string of the molecule is NCC(=O)Nc1ccc(C(=O)O)cc1OCC(=O)O. The van der Waals surface area contributed by atoms with Crippen molar-refractivity contribution in [2.75, 3.05) is 18.5 Å². The fourth-order valence-electron chi connectivity index (χ4n) is 1.22. The number of hydrogen-bond donors (Lipinski definition) is 4. The van der Waals surface area contributed by atoms with E-state index in [1.54, 1.807) is 0 Å². The third-order valence-electron chi connectivity index (χ3n) is 2.04. The van der Waals surface area contributed by atoms with Gasteiger partial charge in [0.25, 0.3) is 0 Å². The fraction of sp³-hybridized carbons (Fsp3) is 0.182. The van der Waals surface area contributed by atoms with Gasteiger partial charge in [-0.05, 0) is 18.2 Å². The Morgan fingerprint density at radius 3 is 2.47 bits per heavy atom. The minimum atomic E-state index is -1.23. The van der Waals surface area contributed by atoms with E-state index in [4.69, 9.17) is 20.7 Å². The summed E-state index contributed by atoms with van der Waals surface area (Å²) in [7, 11) is 0. The second-order valence-electron chi connectivity index (χ2n) is 3.45. The standard InChI is InChI=1S/C11H12N2O6/c12-4-9(14)13-7-2-1-6(11(17)18)3-8(7)19-5-10(15)16/h1-3H,4-5,12H2,(H,13,14)(H,15,16)(H,17,18). The van der Waals surface area contributed by atoms with Gasteiger partial charge in [0.2, 0.25) is 5.91 Å². The highest BCUT2D eigenvalue weighted by molar-refractivity contribution is 5.95. The number of carbonyl (C=O) groups is 3. The topological polar surface area (TPSA) is 139 Å². The molecule has 0 radical (unpaired) electrons. The summed E-state index contributed by atoms with van der Waals surface area (Å²) in [5, 5.41) is 19.7. The van der Waals surface area contributed by atoms with Gasteiger partial charge < -0.3 is 26.0 Å². The van der Waals surface area contributed by atoms with Crippen LogP contribution in [0.4, 0.5) is 5.69 Å². The first-order valence-corrected chi connectivity index (χ1v) is 5.16. The summed E-state index contributed by atoms with van der Waals surface area (Å²) < 4.78 is 4.92. The molecule has 19 heavy (non-hydrogen) atoms. The van der Waals surface area contributed by atoms with Crippen LogP contribution in [0.15, 0.2) is 18.2 Å². The molecule has 0 heterocycles. The number of nitrogens with two attached hydrogens (primary N) is 1. The lowest BCUT2D eigenvalue weighted by Crippen LogP contribution is -2.22. The summed E-state index contributed by atoms with van der Waals surface area (Å²) in [6, 6.07) is 3.67. The highest BCUT2D eigenvalue weighted by atomic mass is 16.5. The molecule has 0 fully saturated rings. The van der Waals surface area contributed by atoms with Crippen LogP contribution >= 0.6 is 0 Å². The molecule has 1 amide bonds. The summed E-state index contributed by atoms with van der Waals surface area (Å²) in [4.78, 5) is 32.4. The lowest BCUT2D eigenvalue weighted by Gasteiger charge is -2.11. The van der Waals surface area contributed by atoms with E-state index in [1.165, 1.54) is 12.1 Å². The first-order valence-electron chi connectivity index (χ1n) is 5.16. The van der Waals surface area contributed by atoms with Crippen LogP contribution in [0.2, 0.25) is 0 Å². The van der Waals surface area contributed by atoms with E-state index in [0.29, 0.717) is 0 Å². The van der Waals surface area contributed by atoms with Gasteiger partial charge in [-0.15, -0.1) is 0 Å². The monoisotopic (exact) mass is 268 g/mol. The number of amides is 1. The van der Waals surface area contributed by atoms with Gasteiger partial charge in [0.1, 0.15) is 5.75 Å². The van der Waals surface area contributed by atoms with Gasteiger partial charge in [0.05, 0.1) is 17.8 Å². The van der Waals surface area contributed by atoms with Gasteiger partial charge in [-0.2, -0.15) is 0 Å². The highest BCUT2D eigenvalue weighted by Crippen LogP contribution is 2.26. The Balaban J connectivity index is 3.03. The van der Waals surface area contributed by atoms with Crippen LogP contribution in [0.1, 0.15) is 10.4 Å². The lowest BCUT2D eigenvalue weighted by molar-refractivity contribution is -0.139. The Labute approximate surface area is 107 Å². The summed E-state index contributed by atoms with van der Waals surface area (Å²) in [5.41, 5.74) is 5.19. The first-order chi connectivity index (χ1) is 8.93. The zero-order chi connectivity index (χ0) is 14.4. The van der Waals surface area contributed by atoms with Crippen molar-refractivity contribution in [2.24, 2.45) is 5.73 Å². The molecular formula is C11H12N2O6. The molecule has 0 aliphatic heterocycles. The summed E-state index contributed by atoms with van der Waals surface area (Å²) in [6.07, 6.45) is 0. The minimum absolute atomic E-state index is 0.0518. The van der Waals surface area contributed by atoms with Gasteiger partial charge in [-0.3, -0.25) is 4.79 Å². The molecule has 0 unspecified atom stereocenters. The van der Waals surface area contributed by atoms with Crippen molar-refractivity contribution in [1.29, 1.82) is 0 Å². The molecule has 0 aromatic heterocycles. The molecule has 0 saturated carbocycles. The fourth-order valence-corrected chi connectivity index (χ4v) is 1.22. The molecule has 1 rings (SSSR count). The first kappa shape index (κ1) is 14.5. The molecular weight excluding hydrogens is 256 g/mol. The molecule has 0 saturated heterocycles. The molecule has 102 valence electrons. The van der Waals surface area contributed by atoms with Crippen LogP contribution in [-0.2, 0) is 9.59 Å². The van der Waals surface area contributed by atoms with E-state index in [9.17, 15) is 14.4 Å². The van der Waals surface area contributed by atoms with Gasteiger partial charge >= 0.3 is 11.9 Å². The van der Waals surface area contributed by atoms with Crippen LogP contribution in [0.25, 0.3) is 0 Å². The number of ether oxygens (including phenoxy) is 1. The Bertz CT molecular complexity index is 514. The average Bonchev–Trinajstić information content (AvgIpc) is 2.36. The smallest absolute Gasteiger partial charge is 0.341 e. The van der Waals surface area contributed by atoms with Crippen molar-refractivity contribution in [3.05, 3.63) is 23.8 Å². The van der Waals surface area contributed by atoms with Crippen LogP contribution in [0.3, 0.4) is 0 Å². The van der Waals surface area contributed by atoms with Crippen molar-refractivity contribution >= 4 is 23.5 Å². The van der Waals surface area contributed by atoms with Crippen molar-refractivity contribution in [3.8, 4) is 5.75 Å². The Kier molecular flexibility index (Phi) is 4.84. The third kappa shape index (κ3) is 4.28. The normalized spacial score (nSPS) is 9.74. The van der Waals surface area contributed by atoms with Crippen LogP contribution in [0.5, 0.6) is 5.75 Å². The predicted octanol–water partition coefficient (Wildman–Crippen LogP) is -0.255. The Morgan fingerprint density at radius 2 is 1.95 bits per heavy atom. The van der Waals surface area contributed by atoms with E-state index in [0.717, 1.165) is 6.07 Å². The maximum absolute atomic E-state index is 11.2. The number of carbonyl (C=O) groups excluding carboxylic acids is 1. The number of rotatable bonds is 6. The molecule has 5 N–H and O–H groups in total. The van der Waals surface area contributed by atoms with E-state index < -0.39 is 24.5 Å². The molecule has 1 aromatic carbocycles. The minimum Gasteiger partial charge on any atom is -0.480 e. The number of aromatic carboxylic acids is 1. The van der Waals surface area contributed by atoms with Crippen LogP contribution < -0.4 is 15.8 Å². The molecule has 1 aromatic rings. The number of benzene rings is 1. The molecule has 0 bridgehead atoms. The number of anilines is 1. The second-order valence-corrected chi connectivity index (χ2v) is 3.45. The molecule has 8 nitrogen and oxygen atoms in total. The predicted molar refractivity (Wildman–Crippen MR) is 64.2 cm³/mol. The van der Waals surface area contributed by atoms with Gasteiger partial charge in [-0.1, -0.05) is 0 Å². The molecule has 0 aliphatic rings. The summed E-state index contributed by atoms with van der Waals surface area (Å²) in [5.74, 6) is -2.99. The highest BCUT2D eigenvalue weighted by Gasteiger charge is 2.12. The maximum atomic E-state index is 11.2. The van der Waals surface area contributed by atoms with Crippen molar-refractivity contribution in [3.63, 3.8) is 0 Å². The molecule has 0 spiro atoms. The quantitative estimate of drug-likeness (QED) is 0.557. The van der Waals surface area contributed by atoms with E-state index in [1.807, 2.05) is 0 Å². The zero-order valence-electron chi connectivity index (χ0n) is 9.75. The van der Waals surface area contributed by atoms with Crippen molar-refractivity contribution < 1.29 is 29.3 Å². The summed E-state index contributed by atoms with van der Waals surface area (Å²) in [6.45, 7) is -0.923. The van der Waals surface area contributed by atoms with Crippen molar-refractivity contribution in [1.82, 2.24) is 0 Å². The molecule has 0 atom stereocenters. The second kappa shape index (κ2) is 6.36. The number of aliphatic carboxylic acids is 1. The lowest BCUT2D eigenvalue weighted by atomic mass is 10.2.